The van der Waals surface area contributed by atoms with E-state index in [0.717, 1.165) is 6.42 Å². The van der Waals surface area contributed by atoms with Gasteiger partial charge >= 0.3 is 0 Å². The molecule has 2 nitrogen and oxygen atoms in total. The summed E-state index contributed by atoms with van der Waals surface area (Å²) in [6.07, 6.45) is 1.43. The van der Waals surface area contributed by atoms with Crippen LogP contribution in [0.4, 0.5) is 0 Å². The molecule has 0 amide bonds. The largest absolute Gasteiger partial charge is 0.299 e. The zero-order valence-corrected chi connectivity index (χ0v) is 13.4. The second-order valence-corrected chi connectivity index (χ2v) is 7.01. The van der Waals surface area contributed by atoms with Crippen LogP contribution in [0.2, 0.25) is 0 Å². The molecule has 0 heterocycles. The van der Waals surface area contributed by atoms with E-state index in [1.807, 2.05) is 55.4 Å². The maximum atomic E-state index is 12.4. The van der Waals surface area contributed by atoms with E-state index >= 15 is 0 Å². The molecule has 0 aromatic heterocycles. The van der Waals surface area contributed by atoms with E-state index in [1.165, 1.54) is 0 Å². The molecule has 0 bridgehead atoms. The Bertz CT molecular complexity index is 313. The molecule has 0 saturated heterocycles. The van der Waals surface area contributed by atoms with E-state index < -0.39 is 5.41 Å². The third-order valence-corrected chi connectivity index (χ3v) is 3.92. The molecule has 0 rings (SSSR count). The Morgan fingerprint density at radius 2 is 1.28 bits per heavy atom. The number of Topliss-reactive ketones (excluding diaryl/α,β-unsaturated/α-hetero) is 2. The van der Waals surface area contributed by atoms with Gasteiger partial charge in [-0.05, 0) is 12.8 Å². The summed E-state index contributed by atoms with van der Waals surface area (Å²) in [4.78, 5) is 24.6. The number of carbonyl (C=O) groups is 2. The van der Waals surface area contributed by atoms with Gasteiger partial charge in [0.05, 0.1) is 0 Å². The molecule has 0 saturated carbocycles. The van der Waals surface area contributed by atoms with E-state index in [1.54, 1.807) is 0 Å². The third-order valence-electron chi connectivity index (χ3n) is 3.92. The van der Waals surface area contributed by atoms with E-state index in [9.17, 15) is 9.59 Å². The summed E-state index contributed by atoms with van der Waals surface area (Å²) in [5.41, 5.74) is -0.814. The van der Waals surface area contributed by atoms with E-state index in [0.29, 0.717) is 6.42 Å². The van der Waals surface area contributed by atoms with Crippen LogP contribution in [0, 0.1) is 22.7 Å². The van der Waals surface area contributed by atoms with Crippen molar-refractivity contribution in [2.45, 2.75) is 68.2 Å². The lowest BCUT2D eigenvalue weighted by Gasteiger charge is -2.37. The number of carbonyl (C=O) groups excluding carboxylic acids is 2. The molecular weight excluding hydrogens is 224 g/mol. The van der Waals surface area contributed by atoms with Crippen molar-refractivity contribution in [3.8, 4) is 0 Å². The molecule has 0 aliphatic carbocycles. The van der Waals surface area contributed by atoms with Crippen LogP contribution in [0.3, 0.4) is 0 Å². The SMILES string of the molecule is CCC(C)(CC(C)(C)C(=O)C(C)C)C(=O)C(C)C. The minimum Gasteiger partial charge on any atom is -0.299 e. The van der Waals surface area contributed by atoms with Crippen LogP contribution in [-0.4, -0.2) is 11.6 Å². The summed E-state index contributed by atoms with van der Waals surface area (Å²) in [6, 6.07) is 0. The van der Waals surface area contributed by atoms with E-state index in [-0.39, 0.29) is 28.8 Å². The molecule has 0 fully saturated rings. The lowest BCUT2D eigenvalue weighted by Crippen LogP contribution is -2.40. The first-order valence-electron chi connectivity index (χ1n) is 7.06. The summed E-state index contributed by atoms with van der Waals surface area (Å²) >= 11 is 0. The molecule has 106 valence electrons. The zero-order valence-electron chi connectivity index (χ0n) is 13.4. The van der Waals surface area contributed by atoms with Gasteiger partial charge in [0.1, 0.15) is 11.6 Å². The highest BCUT2D eigenvalue weighted by atomic mass is 16.1. The van der Waals surface area contributed by atoms with Crippen LogP contribution < -0.4 is 0 Å². The van der Waals surface area contributed by atoms with E-state index in [4.69, 9.17) is 0 Å². The number of hydrogen-bond donors (Lipinski definition) is 0. The van der Waals surface area contributed by atoms with Crippen molar-refractivity contribution >= 4 is 11.6 Å². The Kier molecular flexibility index (Phi) is 5.77. The molecule has 0 radical (unpaired) electrons. The Hall–Kier alpha value is -0.660. The van der Waals surface area contributed by atoms with E-state index in [2.05, 4.69) is 0 Å². The van der Waals surface area contributed by atoms with Crippen molar-refractivity contribution in [2.24, 2.45) is 22.7 Å². The first kappa shape index (κ1) is 17.3. The summed E-state index contributed by atoms with van der Waals surface area (Å²) in [6.45, 7) is 15.7. The van der Waals surface area contributed by atoms with Gasteiger partial charge in [0, 0.05) is 22.7 Å². The van der Waals surface area contributed by atoms with Gasteiger partial charge in [0.25, 0.3) is 0 Å². The van der Waals surface area contributed by atoms with Gasteiger partial charge in [-0.1, -0.05) is 55.4 Å². The van der Waals surface area contributed by atoms with Crippen LogP contribution in [0.15, 0.2) is 0 Å². The lowest BCUT2D eigenvalue weighted by atomic mass is 9.65. The quantitative estimate of drug-likeness (QED) is 0.680. The second kappa shape index (κ2) is 5.99. The average molecular weight is 254 g/mol. The normalized spacial score (nSPS) is 15.9. The van der Waals surface area contributed by atoms with Gasteiger partial charge in [-0.3, -0.25) is 9.59 Å². The summed E-state index contributed by atoms with van der Waals surface area (Å²) in [7, 11) is 0. The maximum absolute atomic E-state index is 12.4. The molecule has 0 aromatic rings. The number of hydrogen-bond acceptors (Lipinski definition) is 2. The highest BCUT2D eigenvalue weighted by Gasteiger charge is 2.41. The Balaban J connectivity index is 5.14. The average Bonchev–Trinajstić information content (AvgIpc) is 2.25. The van der Waals surface area contributed by atoms with Gasteiger partial charge in [-0.25, -0.2) is 0 Å². The highest BCUT2D eigenvalue weighted by Crippen LogP contribution is 2.40. The topological polar surface area (TPSA) is 34.1 Å². The molecule has 0 aromatic carbocycles. The van der Waals surface area contributed by atoms with Crippen LogP contribution in [0.1, 0.15) is 68.2 Å². The van der Waals surface area contributed by atoms with Gasteiger partial charge < -0.3 is 0 Å². The molecule has 0 aliphatic rings. The first-order valence-corrected chi connectivity index (χ1v) is 7.06. The minimum absolute atomic E-state index is 0.0234. The molecule has 2 heteroatoms. The fourth-order valence-electron chi connectivity index (χ4n) is 2.93. The van der Waals surface area contributed by atoms with Gasteiger partial charge in [0.15, 0.2) is 0 Å². The van der Waals surface area contributed by atoms with Crippen molar-refractivity contribution in [3.05, 3.63) is 0 Å². The molecule has 0 N–H and O–H groups in total. The first-order chi connectivity index (χ1) is 7.98. The number of rotatable bonds is 7. The molecule has 0 aliphatic heterocycles. The van der Waals surface area contributed by atoms with Crippen molar-refractivity contribution in [1.82, 2.24) is 0 Å². The standard InChI is InChI=1S/C16H30O2/c1-9-16(8,14(18)12(4)5)10-15(6,7)13(17)11(2)3/h11-12H,9-10H2,1-8H3. The fraction of sp³-hybridized carbons (Fsp3) is 0.875. The predicted octanol–water partition coefficient (Wildman–Crippen LogP) is 4.27. The molecule has 1 unspecified atom stereocenters. The van der Waals surface area contributed by atoms with Gasteiger partial charge in [-0.2, -0.15) is 0 Å². The summed E-state index contributed by atoms with van der Waals surface area (Å²) < 4.78 is 0. The van der Waals surface area contributed by atoms with Crippen molar-refractivity contribution in [2.75, 3.05) is 0 Å². The van der Waals surface area contributed by atoms with Gasteiger partial charge in [0.2, 0.25) is 0 Å². The highest BCUT2D eigenvalue weighted by molar-refractivity contribution is 5.89. The monoisotopic (exact) mass is 254 g/mol. The van der Waals surface area contributed by atoms with Crippen LogP contribution in [0.5, 0.6) is 0 Å². The molecule has 0 spiro atoms. The Labute approximate surface area is 113 Å². The van der Waals surface area contributed by atoms with Crippen LogP contribution >= 0.6 is 0 Å². The summed E-state index contributed by atoms with van der Waals surface area (Å²) in [5.74, 6) is 0.573. The van der Waals surface area contributed by atoms with Crippen LogP contribution in [-0.2, 0) is 9.59 Å². The second-order valence-electron chi connectivity index (χ2n) is 7.01. The Morgan fingerprint density at radius 1 is 0.889 bits per heavy atom. The Morgan fingerprint density at radius 3 is 1.56 bits per heavy atom. The fourth-order valence-corrected chi connectivity index (χ4v) is 2.93. The maximum Gasteiger partial charge on any atom is 0.141 e. The minimum atomic E-state index is -0.427. The third kappa shape index (κ3) is 3.93. The van der Waals surface area contributed by atoms with Crippen molar-refractivity contribution in [3.63, 3.8) is 0 Å². The zero-order chi connectivity index (χ0) is 14.7. The lowest BCUT2D eigenvalue weighted by molar-refractivity contribution is -0.137. The molecule has 18 heavy (non-hydrogen) atoms. The predicted molar refractivity (Wildman–Crippen MR) is 76.5 cm³/mol. The molecular formula is C16H30O2. The van der Waals surface area contributed by atoms with Crippen molar-refractivity contribution in [1.29, 1.82) is 0 Å². The smallest absolute Gasteiger partial charge is 0.141 e. The van der Waals surface area contributed by atoms with Crippen molar-refractivity contribution < 1.29 is 9.59 Å². The van der Waals surface area contributed by atoms with Crippen LogP contribution in [0.25, 0.3) is 0 Å². The molecule has 1 atom stereocenters. The number of ketones is 2. The summed E-state index contributed by atoms with van der Waals surface area (Å²) in [5, 5.41) is 0. The van der Waals surface area contributed by atoms with Gasteiger partial charge in [-0.15, -0.1) is 0 Å².